The molecule has 2 atom stereocenters. The lowest BCUT2D eigenvalue weighted by molar-refractivity contribution is 0.385. The molecule has 0 aliphatic carbocycles. The van der Waals surface area contributed by atoms with E-state index in [1.54, 1.807) is 14.9 Å². The van der Waals surface area contributed by atoms with Gasteiger partial charge in [0.1, 0.15) is 12.1 Å². The minimum atomic E-state index is -3.25. The average molecular weight is 337 g/mol. The molecule has 8 heteroatoms. The topological polar surface area (TPSA) is 69.6 Å². The molecular formula is C15H23N5O2S. The number of anilines is 1. The van der Waals surface area contributed by atoms with Crippen molar-refractivity contribution in [3.8, 4) is 0 Å². The van der Waals surface area contributed by atoms with Gasteiger partial charge >= 0.3 is 0 Å². The maximum atomic E-state index is 12.7. The van der Waals surface area contributed by atoms with E-state index in [2.05, 4.69) is 14.9 Å². The molecule has 0 bridgehead atoms. The zero-order valence-electron chi connectivity index (χ0n) is 13.4. The second kappa shape index (κ2) is 5.68. The highest BCUT2D eigenvalue weighted by Crippen LogP contribution is 2.36. The zero-order valence-corrected chi connectivity index (χ0v) is 14.2. The third-order valence-corrected chi connectivity index (χ3v) is 7.31. The fourth-order valence-corrected chi connectivity index (χ4v) is 5.92. The monoisotopic (exact) mass is 337 g/mol. The number of hydrogen-bond donors (Lipinski definition) is 0. The van der Waals surface area contributed by atoms with Crippen LogP contribution in [-0.2, 0) is 10.2 Å². The quantitative estimate of drug-likeness (QED) is 0.803. The summed E-state index contributed by atoms with van der Waals surface area (Å²) in [4.78, 5) is 10.7. The fourth-order valence-electron chi connectivity index (χ4n) is 4.12. The van der Waals surface area contributed by atoms with Crippen LogP contribution in [0.15, 0.2) is 12.5 Å². The molecule has 3 aliphatic rings. The summed E-state index contributed by atoms with van der Waals surface area (Å²) < 4.78 is 28.7. The van der Waals surface area contributed by atoms with Gasteiger partial charge < -0.3 is 4.90 Å². The molecule has 0 radical (unpaired) electrons. The first kappa shape index (κ1) is 15.3. The van der Waals surface area contributed by atoms with Gasteiger partial charge in [0.25, 0.3) is 10.2 Å². The third kappa shape index (κ3) is 2.62. The summed E-state index contributed by atoms with van der Waals surface area (Å²) in [6.07, 6.45) is 5.39. The molecule has 1 aromatic rings. The number of aryl methyl sites for hydroxylation is 1. The normalized spacial score (nSPS) is 29.3. The summed E-state index contributed by atoms with van der Waals surface area (Å²) in [6, 6.07) is 0. The maximum absolute atomic E-state index is 12.7. The summed E-state index contributed by atoms with van der Waals surface area (Å²) in [7, 11) is -3.25. The predicted molar refractivity (Wildman–Crippen MR) is 87.3 cm³/mol. The van der Waals surface area contributed by atoms with E-state index < -0.39 is 10.2 Å². The van der Waals surface area contributed by atoms with Crippen molar-refractivity contribution in [3.05, 3.63) is 18.1 Å². The highest BCUT2D eigenvalue weighted by Gasteiger charge is 2.46. The summed E-state index contributed by atoms with van der Waals surface area (Å²) in [5.74, 6) is 1.80. The molecule has 4 heterocycles. The Hall–Kier alpha value is -1.25. The molecule has 2 unspecified atom stereocenters. The molecule has 0 aromatic carbocycles. The second-order valence-electron chi connectivity index (χ2n) is 6.89. The highest BCUT2D eigenvalue weighted by molar-refractivity contribution is 7.86. The molecule has 0 spiro atoms. The van der Waals surface area contributed by atoms with Gasteiger partial charge in [-0.25, -0.2) is 9.97 Å². The molecule has 4 rings (SSSR count). The lowest BCUT2D eigenvalue weighted by Crippen LogP contribution is -2.42. The van der Waals surface area contributed by atoms with E-state index in [4.69, 9.17) is 0 Å². The number of fused-ring (bicyclic) bond motifs is 1. The average Bonchev–Trinajstić information content (AvgIpc) is 3.23. The lowest BCUT2D eigenvalue weighted by atomic mass is 10.0. The smallest absolute Gasteiger partial charge is 0.281 e. The van der Waals surface area contributed by atoms with Crippen molar-refractivity contribution >= 4 is 16.0 Å². The van der Waals surface area contributed by atoms with E-state index in [0.29, 0.717) is 38.0 Å². The molecule has 1 aromatic heterocycles. The van der Waals surface area contributed by atoms with Gasteiger partial charge in [0, 0.05) is 51.0 Å². The molecule has 3 saturated heterocycles. The van der Waals surface area contributed by atoms with Gasteiger partial charge in [0.15, 0.2) is 0 Å². The van der Waals surface area contributed by atoms with Gasteiger partial charge in [-0.1, -0.05) is 0 Å². The van der Waals surface area contributed by atoms with Crippen LogP contribution in [0.3, 0.4) is 0 Å². The summed E-state index contributed by atoms with van der Waals surface area (Å²) in [6.45, 7) is 6.44. The van der Waals surface area contributed by atoms with Gasteiger partial charge in [0.05, 0.1) is 0 Å². The summed E-state index contributed by atoms with van der Waals surface area (Å²) in [5.41, 5.74) is 1.08. The molecule has 3 fully saturated rings. The Morgan fingerprint density at radius 1 is 1.04 bits per heavy atom. The molecule has 3 aliphatic heterocycles. The van der Waals surface area contributed by atoms with Crippen LogP contribution >= 0.6 is 0 Å². The summed E-state index contributed by atoms with van der Waals surface area (Å²) >= 11 is 0. The molecule has 0 amide bonds. The van der Waals surface area contributed by atoms with E-state index in [1.165, 1.54) is 0 Å². The van der Waals surface area contributed by atoms with Crippen molar-refractivity contribution < 1.29 is 8.42 Å². The molecule has 0 saturated carbocycles. The Labute approximate surface area is 137 Å². The Kier molecular flexibility index (Phi) is 3.78. The Morgan fingerprint density at radius 3 is 2.30 bits per heavy atom. The Bertz CT molecular complexity index is 675. The van der Waals surface area contributed by atoms with E-state index in [-0.39, 0.29) is 0 Å². The van der Waals surface area contributed by atoms with Gasteiger partial charge in [-0.05, 0) is 31.6 Å². The van der Waals surface area contributed by atoms with E-state index in [0.717, 1.165) is 37.3 Å². The fraction of sp³-hybridized carbons (Fsp3) is 0.733. The minimum Gasteiger partial charge on any atom is -0.356 e. The van der Waals surface area contributed by atoms with Crippen molar-refractivity contribution in [1.29, 1.82) is 0 Å². The number of rotatable bonds is 3. The van der Waals surface area contributed by atoms with Crippen LogP contribution in [0.4, 0.5) is 5.82 Å². The molecular weight excluding hydrogens is 314 g/mol. The van der Waals surface area contributed by atoms with E-state index >= 15 is 0 Å². The van der Waals surface area contributed by atoms with Crippen LogP contribution in [0, 0.1) is 18.8 Å². The molecule has 0 N–H and O–H groups in total. The van der Waals surface area contributed by atoms with Gasteiger partial charge in [-0.2, -0.15) is 17.0 Å². The van der Waals surface area contributed by atoms with E-state index in [9.17, 15) is 8.42 Å². The van der Waals surface area contributed by atoms with Crippen LogP contribution in [0.25, 0.3) is 0 Å². The first-order chi connectivity index (χ1) is 11.1. The molecule has 23 heavy (non-hydrogen) atoms. The SMILES string of the molecule is Cc1cncnc1N1CC2CN(S(=O)(=O)N3CCCC3)CC2C1. The van der Waals surface area contributed by atoms with Gasteiger partial charge in [-0.3, -0.25) is 0 Å². The number of hydrogen-bond acceptors (Lipinski definition) is 5. The predicted octanol–water partition coefficient (Wildman–Crippen LogP) is 0.494. The van der Waals surface area contributed by atoms with Crippen LogP contribution < -0.4 is 4.90 Å². The minimum absolute atomic E-state index is 0.404. The van der Waals surface area contributed by atoms with Crippen molar-refractivity contribution in [3.63, 3.8) is 0 Å². The molecule has 7 nitrogen and oxygen atoms in total. The number of aromatic nitrogens is 2. The first-order valence-corrected chi connectivity index (χ1v) is 9.72. The van der Waals surface area contributed by atoms with Crippen molar-refractivity contribution in [2.24, 2.45) is 11.8 Å². The highest BCUT2D eigenvalue weighted by atomic mass is 32.2. The standard InChI is InChI=1S/C15H23N5O2S/c1-12-6-16-11-17-15(12)18-7-13-9-20(10-14(13)8-18)23(21,22)19-4-2-3-5-19/h6,11,13-14H,2-5,7-10H2,1H3. The Balaban J connectivity index is 1.45. The van der Waals surface area contributed by atoms with E-state index in [1.807, 2.05) is 13.1 Å². The van der Waals surface area contributed by atoms with Crippen molar-refractivity contribution in [1.82, 2.24) is 18.6 Å². The van der Waals surface area contributed by atoms with Crippen LogP contribution in [0.1, 0.15) is 18.4 Å². The Morgan fingerprint density at radius 2 is 1.70 bits per heavy atom. The third-order valence-electron chi connectivity index (χ3n) is 5.34. The first-order valence-electron chi connectivity index (χ1n) is 8.32. The van der Waals surface area contributed by atoms with Crippen LogP contribution in [0.2, 0.25) is 0 Å². The van der Waals surface area contributed by atoms with Crippen molar-refractivity contribution in [2.75, 3.05) is 44.2 Å². The lowest BCUT2D eigenvalue weighted by Gasteiger charge is -2.26. The van der Waals surface area contributed by atoms with Gasteiger partial charge in [0.2, 0.25) is 0 Å². The maximum Gasteiger partial charge on any atom is 0.281 e. The van der Waals surface area contributed by atoms with Gasteiger partial charge in [-0.15, -0.1) is 0 Å². The largest absolute Gasteiger partial charge is 0.356 e. The van der Waals surface area contributed by atoms with Crippen LogP contribution in [0.5, 0.6) is 0 Å². The molecule has 126 valence electrons. The van der Waals surface area contributed by atoms with Crippen LogP contribution in [-0.4, -0.2) is 66.3 Å². The summed E-state index contributed by atoms with van der Waals surface area (Å²) in [5, 5.41) is 0. The number of nitrogens with zero attached hydrogens (tertiary/aromatic N) is 5. The zero-order chi connectivity index (χ0) is 16.0. The second-order valence-corrected chi connectivity index (χ2v) is 8.81. The van der Waals surface area contributed by atoms with Crippen molar-refractivity contribution in [2.45, 2.75) is 19.8 Å².